The molecule has 0 unspecified atom stereocenters. The zero-order valence-electron chi connectivity index (χ0n) is 10.4. The smallest absolute Gasteiger partial charge is 0.195 e. The van der Waals surface area contributed by atoms with Gasteiger partial charge in [-0.1, -0.05) is 15.9 Å². The first-order valence-electron chi connectivity index (χ1n) is 5.47. The number of nitrogens with zero attached hydrogens (tertiary/aromatic N) is 2. The second kappa shape index (κ2) is 4.51. The minimum absolute atomic E-state index is 0.170. The maximum absolute atomic E-state index is 10.0. The molecule has 1 aromatic heterocycles. The fraction of sp³-hybridized carbons (Fsp3) is 0.333. The number of phenolic OH excluding ortho intramolecular Hbond substituents is 1. The number of rotatable bonds is 1. The van der Waals surface area contributed by atoms with E-state index in [0.29, 0.717) is 16.2 Å². The van der Waals surface area contributed by atoms with Gasteiger partial charge >= 0.3 is 0 Å². The van der Waals surface area contributed by atoms with E-state index < -0.39 is 0 Å². The van der Waals surface area contributed by atoms with E-state index in [0.717, 1.165) is 4.47 Å². The molecule has 0 amide bonds. The van der Waals surface area contributed by atoms with E-state index in [1.807, 2.05) is 37.5 Å². The Morgan fingerprint density at radius 2 is 2.06 bits per heavy atom. The Labute approximate surface area is 119 Å². The highest BCUT2D eigenvalue weighted by Crippen LogP contribution is 2.32. The molecule has 0 aliphatic carbocycles. The summed E-state index contributed by atoms with van der Waals surface area (Å²) in [5.41, 5.74) is 0.444. The van der Waals surface area contributed by atoms with Crippen LogP contribution in [0.25, 0.3) is 11.4 Å². The lowest BCUT2D eigenvalue weighted by molar-refractivity contribution is 0.394. The molecule has 1 aromatic carbocycles. The molecule has 0 saturated carbocycles. The summed E-state index contributed by atoms with van der Waals surface area (Å²) in [5, 5.41) is 17.0. The second-order valence-corrected chi connectivity index (χ2v) is 6.32. The van der Waals surface area contributed by atoms with Crippen molar-refractivity contribution >= 4 is 28.1 Å². The Balaban J connectivity index is 2.69. The van der Waals surface area contributed by atoms with Gasteiger partial charge in [0.2, 0.25) is 0 Å². The normalized spacial score (nSPS) is 11.8. The summed E-state index contributed by atoms with van der Waals surface area (Å²) in [5.74, 6) is 0.807. The third-order valence-electron chi connectivity index (χ3n) is 2.54. The van der Waals surface area contributed by atoms with Crippen LogP contribution >= 0.6 is 28.1 Å². The SMILES string of the molecule is CC(C)(C)n1c(-c2ccc(Br)cc2O)n[nH]c1=S. The average molecular weight is 328 g/mol. The monoisotopic (exact) mass is 327 g/mol. The quantitative estimate of drug-likeness (QED) is 0.782. The third-order valence-corrected chi connectivity index (χ3v) is 3.31. The van der Waals surface area contributed by atoms with Gasteiger partial charge in [-0.3, -0.25) is 9.67 Å². The van der Waals surface area contributed by atoms with Crippen molar-refractivity contribution in [2.75, 3.05) is 0 Å². The van der Waals surface area contributed by atoms with Gasteiger partial charge in [0, 0.05) is 10.0 Å². The topological polar surface area (TPSA) is 53.8 Å². The molecule has 4 nitrogen and oxygen atoms in total. The van der Waals surface area contributed by atoms with Gasteiger partial charge in [0.1, 0.15) is 5.75 Å². The molecule has 0 saturated heterocycles. The van der Waals surface area contributed by atoms with Crippen molar-refractivity contribution < 1.29 is 5.11 Å². The molecule has 18 heavy (non-hydrogen) atoms. The number of H-pyrrole nitrogens is 1. The highest BCUT2D eigenvalue weighted by atomic mass is 79.9. The number of halogens is 1. The van der Waals surface area contributed by atoms with Crippen LogP contribution in [0.15, 0.2) is 22.7 Å². The van der Waals surface area contributed by atoms with Gasteiger partial charge in [-0.2, -0.15) is 5.10 Å². The molecule has 0 radical (unpaired) electrons. The van der Waals surface area contributed by atoms with Crippen LogP contribution in [-0.4, -0.2) is 19.9 Å². The van der Waals surface area contributed by atoms with Crippen LogP contribution < -0.4 is 0 Å². The van der Waals surface area contributed by atoms with Gasteiger partial charge in [0.15, 0.2) is 10.6 Å². The highest BCUT2D eigenvalue weighted by molar-refractivity contribution is 9.10. The third kappa shape index (κ3) is 2.35. The number of aromatic amines is 1. The molecule has 0 fully saturated rings. The molecule has 0 atom stereocenters. The largest absolute Gasteiger partial charge is 0.507 e. The molecular formula is C12H14BrN3OS. The van der Waals surface area contributed by atoms with Crippen molar-refractivity contribution in [1.82, 2.24) is 14.8 Å². The number of benzene rings is 1. The molecule has 1 heterocycles. The summed E-state index contributed by atoms with van der Waals surface area (Å²) < 4.78 is 3.26. The average Bonchev–Trinajstić information content (AvgIpc) is 2.59. The van der Waals surface area contributed by atoms with E-state index in [1.165, 1.54) is 0 Å². The molecule has 2 rings (SSSR count). The van der Waals surface area contributed by atoms with E-state index in [-0.39, 0.29) is 11.3 Å². The van der Waals surface area contributed by atoms with Crippen LogP contribution in [0.3, 0.4) is 0 Å². The van der Waals surface area contributed by atoms with Gasteiger partial charge in [-0.15, -0.1) is 0 Å². The van der Waals surface area contributed by atoms with Gasteiger partial charge < -0.3 is 5.11 Å². The summed E-state index contributed by atoms with van der Waals surface area (Å²) in [6.45, 7) is 6.12. The first kappa shape index (κ1) is 13.3. The number of phenols is 1. The number of nitrogens with one attached hydrogen (secondary N) is 1. The van der Waals surface area contributed by atoms with Crippen LogP contribution in [0.1, 0.15) is 20.8 Å². The first-order valence-corrected chi connectivity index (χ1v) is 6.67. The number of aromatic hydroxyl groups is 1. The Hall–Kier alpha value is -1.14. The lowest BCUT2D eigenvalue weighted by Crippen LogP contribution is -2.23. The lowest BCUT2D eigenvalue weighted by atomic mass is 10.1. The van der Waals surface area contributed by atoms with E-state index in [4.69, 9.17) is 12.2 Å². The summed E-state index contributed by atoms with van der Waals surface area (Å²) >= 11 is 8.56. The Bertz CT molecular complexity index is 640. The molecule has 2 N–H and O–H groups in total. The molecule has 6 heteroatoms. The van der Waals surface area contributed by atoms with Crippen molar-refractivity contribution in [3.05, 3.63) is 27.4 Å². The maximum atomic E-state index is 10.0. The van der Waals surface area contributed by atoms with Crippen LogP contribution in [0, 0.1) is 4.77 Å². The van der Waals surface area contributed by atoms with Gasteiger partial charge in [-0.25, -0.2) is 0 Å². The number of hydrogen-bond donors (Lipinski definition) is 2. The van der Waals surface area contributed by atoms with Crippen molar-refractivity contribution in [3.63, 3.8) is 0 Å². The molecule has 0 aliphatic heterocycles. The Morgan fingerprint density at radius 3 is 2.61 bits per heavy atom. The number of hydrogen-bond acceptors (Lipinski definition) is 3. The fourth-order valence-electron chi connectivity index (χ4n) is 1.79. The van der Waals surface area contributed by atoms with E-state index in [2.05, 4.69) is 26.1 Å². The maximum Gasteiger partial charge on any atom is 0.195 e. The Kier molecular flexibility index (Phi) is 3.33. The van der Waals surface area contributed by atoms with E-state index >= 15 is 0 Å². The predicted molar refractivity (Wildman–Crippen MR) is 77.2 cm³/mol. The summed E-state index contributed by atoms with van der Waals surface area (Å²) in [4.78, 5) is 0. The van der Waals surface area contributed by atoms with Crippen LogP contribution in [0.2, 0.25) is 0 Å². The van der Waals surface area contributed by atoms with Crippen molar-refractivity contribution in [3.8, 4) is 17.1 Å². The summed E-state index contributed by atoms with van der Waals surface area (Å²) in [7, 11) is 0. The van der Waals surface area contributed by atoms with Crippen LogP contribution in [-0.2, 0) is 5.54 Å². The minimum Gasteiger partial charge on any atom is -0.507 e. The van der Waals surface area contributed by atoms with Gasteiger partial charge in [0.05, 0.1) is 5.56 Å². The van der Waals surface area contributed by atoms with E-state index in [1.54, 1.807) is 6.07 Å². The molecule has 0 aliphatic rings. The van der Waals surface area contributed by atoms with Crippen molar-refractivity contribution in [1.29, 1.82) is 0 Å². The fourth-order valence-corrected chi connectivity index (χ4v) is 2.55. The van der Waals surface area contributed by atoms with Crippen LogP contribution in [0.4, 0.5) is 0 Å². The zero-order chi connectivity index (χ0) is 13.5. The molecule has 0 bridgehead atoms. The number of aromatic nitrogens is 3. The molecule has 2 aromatic rings. The Morgan fingerprint density at radius 1 is 1.39 bits per heavy atom. The predicted octanol–water partition coefficient (Wildman–Crippen LogP) is 3.83. The van der Waals surface area contributed by atoms with E-state index in [9.17, 15) is 5.11 Å². The summed E-state index contributed by atoms with van der Waals surface area (Å²) in [6.07, 6.45) is 0. The summed E-state index contributed by atoms with van der Waals surface area (Å²) in [6, 6.07) is 5.31. The standard InChI is InChI=1S/C12H14BrN3OS/c1-12(2,3)16-10(14-15-11(16)18)8-5-4-7(13)6-9(8)17/h4-6,17H,1-3H3,(H,15,18). The molecular weight excluding hydrogens is 314 g/mol. The first-order chi connectivity index (χ1) is 8.30. The van der Waals surface area contributed by atoms with Crippen molar-refractivity contribution in [2.24, 2.45) is 0 Å². The second-order valence-electron chi connectivity index (χ2n) is 5.02. The lowest BCUT2D eigenvalue weighted by Gasteiger charge is -2.22. The molecule has 0 spiro atoms. The van der Waals surface area contributed by atoms with Gasteiger partial charge in [0.25, 0.3) is 0 Å². The molecule has 96 valence electrons. The zero-order valence-corrected chi connectivity index (χ0v) is 12.8. The highest BCUT2D eigenvalue weighted by Gasteiger charge is 2.21. The minimum atomic E-state index is -0.209. The van der Waals surface area contributed by atoms with Crippen molar-refractivity contribution in [2.45, 2.75) is 26.3 Å². The van der Waals surface area contributed by atoms with Crippen LogP contribution in [0.5, 0.6) is 5.75 Å². The van der Waals surface area contributed by atoms with Gasteiger partial charge in [-0.05, 0) is 51.2 Å².